The van der Waals surface area contributed by atoms with E-state index in [4.69, 9.17) is 0 Å². The van der Waals surface area contributed by atoms with Crippen molar-refractivity contribution in [2.24, 2.45) is 0 Å². The van der Waals surface area contributed by atoms with Crippen molar-refractivity contribution >= 4 is 3.90 Å². The Labute approximate surface area is 101 Å². The van der Waals surface area contributed by atoms with Crippen molar-refractivity contribution in [3.05, 3.63) is 54.4 Å². The molecule has 1 aromatic heterocycles. The van der Waals surface area contributed by atoms with Gasteiger partial charge in [0.15, 0.2) is 0 Å². The minimum atomic E-state index is 1.04. The van der Waals surface area contributed by atoms with Gasteiger partial charge >= 0.3 is 101 Å². The predicted octanol–water partition coefficient (Wildman–Crippen LogP) is 2.20. The van der Waals surface area contributed by atoms with Gasteiger partial charge in [-0.25, -0.2) is 0 Å². The van der Waals surface area contributed by atoms with Gasteiger partial charge in [0.05, 0.1) is 0 Å². The summed E-state index contributed by atoms with van der Waals surface area (Å²) in [5.41, 5.74) is 2.15. The Morgan fingerprint density at radius 1 is 1.60 bits per heavy atom. The van der Waals surface area contributed by atoms with E-state index in [0.717, 1.165) is 15.0 Å². The Hall–Kier alpha value is -1.25. The second kappa shape index (κ2) is 6.27. The first kappa shape index (κ1) is 11.8. The number of allylic oxidation sites excluding steroid dienone is 3. The molecule has 1 aromatic rings. The van der Waals surface area contributed by atoms with E-state index in [9.17, 15) is 0 Å². The summed E-state index contributed by atoms with van der Waals surface area (Å²) in [6.45, 7) is 5.63. The number of nitrogens with zero attached hydrogens (tertiary/aromatic N) is 1. The van der Waals surface area contributed by atoms with Crippen molar-refractivity contribution in [2.45, 2.75) is 6.92 Å². The second-order valence-electron chi connectivity index (χ2n) is 2.90. The summed E-state index contributed by atoms with van der Waals surface area (Å²) in [4.78, 5) is 4.02. The summed E-state index contributed by atoms with van der Waals surface area (Å²) >= 11 is 1.36. The summed E-state index contributed by atoms with van der Waals surface area (Å²) in [7, 11) is 0. The normalized spacial score (nSPS) is 9.40. The van der Waals surface area contributed by atoms with E-state index in [-0.39, 0.29) is 0 Å². The molecule has 15 heavy (non-hydrogen) atoms. The summed E-state index contributed by atoms with van der Waals surface area (Å²) < 4.78 is 1.10. The van der Waals surface area contributed by atoms with Gasteiger partial charge in [0, 0.05) is 0 Å². The van der Waals surface area contributed by atoms with E-state index < -0.39 is 0 Å². The van der Waals surface area contributed by atoms with Crippen LogP contribution in [0.25, 0.3) is 0 Å². The minimum absolute atomic E-state index is 1.04. The quantitative estimate of drug-likeness (QED) is 0.579. The third kappa shape index (κ3) is 4.19. The molecule has 0 amide bonds. The molecule has 0 fully saturated rings. The Bertz CT molecular complexity index is 461. The third-order valence-corrected chi connectivity index (χ3v) is 2.58. The number of hydrogen-bond acceptors (Lipinski definition) is 1. The maximum absolute atomic E-state index is 4.02. The number of aromatic nitrogens is 1. The Kier molecular flexibility index (Phi) is 4.94. The standard InChI is InChI=1S/C13H11N.W/c1-3-4-5-6-7-8-13-9-10-14-11-12(13)2;/h3-5,9-11H,1H2,2H3;. The van der Waals surface area contributed by atoms with E-state index in [0.29, 0.717) is 0 Å². The van der Waals surface area contributed by atoms with E-state index >= 15 is 0 Å². The van der Waals surface area contributed by atoms with E-state index in [1.165, 1.54) is 19.4 Å². The van der Waals surface area contributed by atoms with E-state index in [2.05, 4.69) is 23.4 Å². The van der Waals surface area contributed by atoms with Crippen LogP contribution in [0.4, 0.5) is 0 Å². The first-order valence-corrected chi connectivity index (χ1v) is 5.96. The molecule has 0 radical (unpaired) electrons. The molecular weight excluding hydrogens is 354 g/mol. The van der Waals surface area contributed by atoms with Crippen LogP contribution < -0.4 is 0 Å². The van der Waals surface area contributed by atoms with Gasteiger partial charge in [0.1, 0.15) is 0 Å². The van der Waals surface area contributed by atoms with Gasteiger partial charge in [0.25, 0.3) is 0 Å². The molecular formula is C13H11NW. The molecule has 0 saturated carbocycles. The molecule has 0 bridgehead atoms. The van der Waals surface area contributed by atoms with Gasteiger partial charge in [0.2, 0.25) is 0 Å². The SMILES string of the molecule is C=CC=C[C](=[W])C#Cc1ccncc1C. The monoisotopic (exact) mass is 365 g/mol. The zero-order valence-corrected chi connectivity index (χ0v) is 11.5. The zero-order valence-electron chi connectivity index (χ0n) is 8.53. The van der Waals surface area contributed by atoms with E-state index in [1.54, 1.807) is 12.3 Å². The number of hydrogen-bond donors (Lipinski definition) is 0. The fourth-order valence-corrected chi connectivity index (χ4v) is 1.41. The number of rotatable bonds is 2. The Balaban J connectivity index is 2.82. The molecule has 0 aliphatic carbocycles. The van der Waals surface area contributed by atoms with Crippen molar-refractivity contribution < 1.29 is 19.4 Å². The summed E-state index contributed by atoms with van der Waals surface area (Å²) in [6.07, 6.45) is 9.22. The molecule has 1 rings (SSSR count). The fourth-order valence-electron chi connectivity index (χ4n) is 0.940. The van der Waals surface area contributed by atoms with Crippen LogP contribution in [0.3, 0.4) is 0 Å². The van der Waals surface area contributed by atoms with Crippen LogP contribution >= 0.6 is 0 Å². The van der Waals surface area contributed by atoms with Gasteiger partial charge in [-0.05, 0) is 0 Å². The summed E-state index contributed by atoms with van der Waals surface area (Å²) in [6, 6.07) is 1.93. The summed E-state index contributed by atoms with van der Waals surface area (Å²) in [5.74, 6) is 6.25. The fraction of sp³-hybridized carbons (Fsp3) is 0.0769. The average Bonchev–Trinajstić information content (AvgIpc) is 2.25. The number of aryl methyl sites for hydroxylation is 1. The van der Waals surface area contributed by atoms with E-state index in [1.807, 2.05) is 31.3 Å². The van der Waals surface area contributed by atoms with Crippen molar-refractivity contribution in [2.75, 3.05) is 0 Å². The molecule has 0 aliphatic heterocycles. The van der Waals surface area contributed by atoms with Gasteiger partial charge in [-0.3, -0.25) is 0 Å². The van der Waals surface area contributed by atoms with Crippen molar-refractivity contribution in [3.8, 4) is 11.8 Å². The first-order valence-electron chi connectivity index (χ1n) is 4.49. The number of pyridine rings is 1. The first-order chi connectivity index (χ1) is 7.24. The van der Waals surface area contributed by atoms with Crippen LogP contribution in [0.5, 0.6) is 0 Å². The van der Waals surface area contributed by atoms with Crippen LogP contribution in [-0.2, 0) is 19.4 Å². The van der Waals surface area contributed by atoms with Gasteiger partial charge < -0.3 is 0 Å². The molecule has 0 N–H and O–H groups in total. The van der Waals surface area contributed by atoms with Crippen molar-refractivity contribution in [1.82, 2.24) is 4.98 Å². The average molecular weight is 365 g/mol. The van der Waals surface area contributed by atoms with Crippen LogP contribution in [0.1, 0.15) is 11.1 Å². The van der Waals surface area contributed by atoms with Gasteiger partial charge in [-0.2, -0.15) is 0 Å². The molecule has 1 heterocycles. The van der Waals surface area contributed by atoms with Crippen LogP contribution in [-0.4, -0.2) is 8.88 Å². The molecule has 0 aromatic carbocycles. The summed E-state index contributed by atoms with van der Waals surface area (Å²) in [5, 5.41) is 0. The molecule has 74 valence electrons. The van der Waals surface area contributed by atoms with Crippen LogP contribution in [0, 0.1) is 18.8 Å². The molecule has 0 spiro atoms. The van der Waals surface area contributed by atoms with Gasteiger partial charge in [-0.1, -0.05) is 0 Å². The molecule has 0 aliphatic rings. The molecule has 0 atom stereocenters. The predicted molar refractivity (Wildman–Crippen MR) is 60.2 cm³/mol. The van der Waals surface area contributed by atoms with Crippen molar-refractivity contribution in [3.63, 3.8) is 0 Å². The van der Waals surface area contributed by atoms with Gasteiger partial charge in [-0.15, -0.1) is 0 Å². The maximum atomic E-state index is 4.02. The topological polar surface area (TPSA) is 12.9 Å². The Morgan fingerprint density at radius 3 is 3.07 bits per heavy atom. The molecule has 0 unspecified atom stereocenters. The van der Waals surface area contributed by atoms with Crippen LogP contribution in [0.15, 0.2) is 43.3 Å². The molecule has 1 nitrogen and oxygen atoms in total. The molecule has 0 saturated heterocycles. The molecule has 2 heteroatoms. The Morgan fingerprint density at radius 2 is 2.40 bits per heavy atom. The van der Waals surface area contributed by atoms with Crippen molar-refractivity contribution in [1.29, 1.82) is 0 Å². The zero-order chi connectivity index (χ0) is 11.1. The second-order valence-corrected chi connectivity index (χ2v) is 4.48. The third-order valence-electron chi connectivity index (χ3n) is 1.72. The van der Waals surface area contributed by atoms with Crippen LogP contribution in [0.2, 0.25) is 0 Å².